The molecular formula is C11H8ClF2N3O2S. The van der Waals surface area contributed by atoms with Crippen molar-refractivity contribution in [2.45, 2.75) is 24.0 Å². The van der Waals surface area contributed by atoms with Crippen LogP contribution in [0.15, 0.2) is 23.4 Å². The molecule has 0 bridgehead atoms. The van der Waals surface area contributed by atoms with Gasteiger partial charge in [-0.25, -0.2) is 17.2 Å². The molecule has 1 aromatic carbocycles. The van der Waals surface area contributed by atoms with Crippen LogP contribution in [0.1, 0.15) is 18.9 Å². The van der Waals surface area contributed by atoms with Gasteiger partial charge in [-0.05, 0) is 25.0 Å². The summed E-state index contributed by atoms with van der Waals surface area (Å²) < 4.78 is 51.7. The lowest BCUT2D eigenvalue weighted by atomic mass is 10.2. The molecule has 0 N–H and O–H groups in total. The van der Waals surface area contributed by atoms with Gasteiger partial charge in [0.25, 0.3) is 14.2 Å². The highest BCUT2D eigenvalue weighted by molar-refractivity contribution is 8.13. The van der Waals surface area contributed by atoms with E-state index in [2.05, 4.69) is 10.2 Å². The van der Waals surface area contributed by atoms with E-state index in [1.54, 1.807) is 0 Å². The number of benzene rings is 1. The standard InChI is InChI=1S/C11H8ClF2N3O2S/c12-20(18,19)11-16-15-10(17(11)6-4-5-6)9-7(13)2-1-3-8(9)14/h1-3,6H,4-5H2. The van der Waals surface area contributed by atoms with E-state index in [1.807, 2.05) is 0 Å². The number of hydrogen-bond acceptors (Lipinski definition) is 4. The molecule has 0 spiro atoms. The van der Waals surface area contributed by atoms with Crippen molar-refractivity contribution in [2.75, 3.05) is 0 Å². The summed E-state index contributed by atoms with van der Waals surface area (Å²) in [6.07, 6.45) is 1.36. The highest BCUT2D eigenvalue weighted by Gasteiger charge is 2.35. The minimum atomic E-state index is -4.13. The Morgan fingerprint density at radius 3 is 2.30 bits per heavy atom. The summed E-state index contributed by atoms with van der Waals surface area (Å²) in [4.78, 5) is 0. The molecule has 5 nitrogen and oxygen atoms in total. The molecule has 0 saturated heterocycles. The molecule has 0 atom stereocenters. The van der Waals surface area contributed by atoms with Gasteiger partial charge in [0, 0.05) is 16.7 Å². The Morgan fingerprint density at radius 1 is 1.20 bits per heavy atom. The normalized spacial score (nSPS) is 15.6. The van der Waals surface area contributed by atoms with Crippen LogP contribution >= 0.6 is 10.7 Å². The maximum Gasteiger partial charge on any atom is 0.296 e. The van der Waals surface area contributed by atoms with Crippen LogP contribution in [-0.4, -0.2) is 23.2 Å². The first-order valence-corrected chi connectivity index (χ1v) is 8.04. The lowest BCUT2D eigenvalue weighted by Gasteiger charge is -2.08. The lowest BCUT2D eigenvalue weighted by molar-refractivity contribution is 0.569. The van der Waals surface area contributed by atoms with Crippen molar-refractivity contribution >= 4 is 19.7 Å². The molecule has 3 rings (SSSR count). The predicted molar refractivity (Wildman–Crippen MR) is 66.7 cm³/mol. The van der Waals surface area contributed by atoms with Gasteiger partial charge in [0.05, 0.1) is 5.56 Å². The average molecular weight is 320 g/mol. The van der Waals surface area contributed by atoms with Gasteiger partial charge in [-0.1, -0.05) is 6.07 Å². The number of aromatic nitrogens is 3. The highest BCUT2D eigenvalue weighted by Crippen LogP contribution is 2.41. The molecular weight excluding hydrogens is 312 g/mol. The molecule has 1 heterocycles. The third-order valence-corrected chi connectivity index (χ3v) is 4.11. The molecule has 20 heavy (non-hydrogen) atoms. The number of halogens is 3. The summed E-state index contributed by atoms with van der Waals surface area (Å²) >= 11 is 0. The summed E-state index contributed by atoms with van der Waals surface area (Å²) in [5.74, 6) is -1.84. The molecule has 1 fully saturated rings. The van der Waals surface area contributed by atoms with Gasteiger partial charge < -0.3 is 0 Å². The van der Waals surface area contributed by atoms with Gasteiger partial charge >= 0.3 is 0 Å². The second-order valence-corrected chi connectivity index (χ2v) is 6.90. The molecule has 0 amide bonds. The predicted octanol–water partition coefficient (Wildman–Crippen LogP) is 2.49. The van der Waals surface area contributed by atoms with Crippen LogP contribution in [0, 0.1) is 11.6 Å². The molecule has 0 unspecified atom stereocenters. The first-order valence-electron chi connectivity index (χ1n) is 5.73. The average Bonchev–Trinajstić information content (AvgIpc) is 3.08. The number of rotatable bonds is 3. The lowest BCUT2D eigenvalue weighted by Crippen LogP contribution is -2.07. The quantitative estimate of drug-likeness (QED) is 0.815. The number of hydrogen-bond donors (Lipinski definition) is 0. The van der Waals surface area contributed by atoms with Gasteiger partial charge in [0.15, 0.2) is 5.82 Å². The van der Waals surface area contributed by atoms with E-state index >= 15 is 0 Å². The molecule has 0 aliphatic heterocycles. The Balaban J connectivity index is 2.28. The van der Waals surface area contributed by atoms with Gasteiger partial charge in [0.2, 0.25) is 0 Å². The Hall–Kier alpha value is -1.54. The van der Waals surface area contributed by atoms with Crippen molar-refractivity contribution < 1.29 is 17.2 Å². The smallest absolute Gasteiger partial charge is 0.294 e. The van der Waals surface area contributed by atoms with Crippen molar-refractivity contribution in [1.29, 1.82) is 0 Å². The first kappa shape index (κ1) is 13.4. The van der Waals surface area contributed by atoms with Crippen LogP contribution in [0.25, 0.3) is 11.4 Å². The summed E-state index contributed by atoms with van der Waals surface area (Å²) in [7, 11) is 1.14. The molecule has 9 heteroatoms. The van der Waals surface area contributed by atoms with Crippen molar-refractivity contribution in [3.8, 4) is 11.4 Å². The van der Waals surface area contributed by atoms with Gasteiger partial charge in [-0.3, -0.25) is 4.57 Å². The van der Waals surface area contributed by atoms with Gasteiger partial charge in [-0.15, -0.1) is 10.2 Å². The van der Waals surface area contributed by atoms with E-state index in [9.17, 15) is 17.2 Å². The van der Waals surface area contributed by atoms with E-state index < -0.39 is 31.4 Å². The molecule has 1 aliphatic rings. The molecule has 0 radical (unpaired) electrons. The van der Waals surface area contributed by atoms with Crippen molar-refractivity contribution in [3.05, 3.63) is 29.8 Å². The molecule has 1 aliphatic carbocycles. The SMILES string of the molecule is O=S(=O)(Cl)c1nnc(-c2c(F)cccc2F)n1C1CC1. The van der Waals surface area contributed by atoms with Crippen molar-refractivity contribution in [2.24, 2.45) is 0 Å². The van der Waals surface area contributed by atoms with E-state index in [-0.39, 0.29) is 11.9 Å². The topological polar surface area (TPSA) is 64.8 Å². The Morgan fingerprint density at radius 2 is 1.80 bits per heavy atom. The Bertz CT molecular complexity index is 767. The summed E-state index contributed by atoms with van der Waals surface area (Å²) in [6, 6.07) is 3.14. The van der Waals surface area contributed by atoms with E-state index in [4.69, 9.17) is 10.7 Å². The summed E-state index contributed by atoms with van der Waals surface area (Å²) in [5.41, 5.74) is -0.404. The van der Waals surface area contributed by atoms with Crippen LogP contribution in [0.3, 0.4) is 0 Å². The van der Waals surface area contributed by atoms with Crippen LogP contribution in [0.4, 0.5) is 8.78 Å². The van der Waals surface area contributed by atoms with E-state index in [1.165, 1.54) is 10.6 Å². The van der Waals surface area contributed by atoms with Crippen LogP contribution < -0.4 is 0 Å². The van der Waals surface area contributed by atoms with Gasteiger partial charge in [0.1, 0.15) is 11.6 Å². The Kier molecular flexibility index (Phi) is 3.02. The largest absolute Gasteiger partial charge is 0.296 e. The molecule has 1 aromatic heterocycles. The van der Waals surface area contributed by atoms with Crippen LogP contribution in [0.5, 0.6) is 0 Å². The zero-order chi connectivity index (χ0) is 14.5. The zero-order valence-corrected chi connectivity index (χ0v) is 11.5. The second kappa shape index (κ2) is 4.49. The monoisotopic (exact) mass is 319 g/mol. The third-order valence-electron chi connectivity index (χ3n) is 2.98. The van der Waals surface area contributed by atoms with Gasteiger partial charge in [-0.2, -0.15) is 0 Å². The molecule has 106 valence electrons. The van der Waals surface area contributed by atoms with E-state index in [0.717, 1.165) is 12.1 Å². The number of nitrogens with zero attached hydrogens (tertiary/aromatic N) is 3. The Labute approximate surface area is 117 Å². The minimum Gasteiger partial charge on any atom is -0.294 e. The first-order chi connectivity index (χ1) is 9.39. The maximum atomic E-state index is 13.8. The maximum absolute atomic E-state index is 13.8. The highest BCUT2D eigenvalue weighted by atomic mass is 35.7. The molecule has 1 saturated carbocycles. The zero-order valence-electron chi connectivity index (χ0n) is 9.92. The summed E-state index contributed by atoms with van der Waals surface area (Å²) in [5, 5.41) is 6.59. The van der Waals surface area contributed by atoms with Crippen LogP contribution in [0.2, 0.25) is 0 Å². The second-order valence-electron chi connectivity index (χ2n) is 4.44. The van der Waals surface area contributed by atoms with E-state index in [0.29, 0.717) is 12.8 Å². The minimum absolute atomic E-state index is 0.165. The molecule has 2 aromatic rings. The fourth-order valence-electron chi connectivity index (χ4n) is 1.99. The van der Waals surface area contributed by atoms with Crippen molar-refractivity contribution in [1.82, 2.24) is 14.8 Å². The summed E-state index contributed by atoms with van der Waals surface area (Å²) in [6.45, 7) is 0. The fourth-order valence-corrected chi connectivity index (χ4v) is 2.91. The fraction of sp³-hybridized carbons (Fsp3) is 0.273. The third kappa shape index (κ3) is 2.18. The van der Waals surface area contributed by atoms with Crippen molar-refractivity contribution in [3.63, 3.8) is 0 Å². The van der Waals surface area contributed by atoms with Crippen LogP contribution in [-0.2, 0) is 9.05 Å².